The maximum atomic E-state index is 5.48. The number of nitrogens with zero attached hydrogens (tertiary/aromatic N) is 2. The number of ether oxygens (including phenoxy) is 1. The molecule has 2 aromatic rings. The molecule has 1 heterocycles. The van der Waals surface area contributed by atoms with Crippen molar-refractivity contribution in [2.75, 3.05) is 14.2 Å². The van der Waals surface area contributed by atoms with Gasteiger partial charge >= 0.3 is 0 Å². The Morgan fingerprint density at radius 1 is 1.45 bits per heavy atom. The van der Waals surface area contributed by atoms with Crippen LogP contribution in [-0.2, 0) is 13.5 Å². The molecule has 0 spiro atoms. The molecule has 0 radical (unpaired) electrons. The fraction of sp³-hybridized carbons (Fsp3) is 0.400. The molecule has 0 bridgehead atoms. The van der Waals surface area contributed by atoms with Gasteiger partial charge in [-0.1, -0.05) is 22.0 Å². The van der Waals surface area contributed by atoms with Crippen molar-refractivity contribution in [2.45, 2.75) is 18.9 Å². The minimum atomic E-state index is 0.262. The number of hydrogen-bond donors (Lipinski definition) is 1. The maximum Gasteiger partial charge on any atom is 0.124 e. The van der Waals surface area contributed by atoms with Crippen LogP contribution in [0.5, 0.6) is 5.75 Å². The molecule has 0 aliphatic carbocycles. The van der Waals surface area contributed by atoms with E-state index in [4.69, 9.17) is 4.74 Å². The van der Waals surface area contributed by atoms with E-state index in [2.05, 4.69) is 38.6 Å². The second kappa shape index (κ2) is 6.90. The minimum absolute atomic E-state index is 0.262. The van der Waals surface area contributed by atoms with Gasteiger partial charge < -0.3 is 10.1 Å². The van der Waals surface area contributed by atoms with Gasteiger partial charge in [-0.3, -0.25) is 4.68 Å². The molecular formula is C15H20BrN3O. The van der Waals surface area contributed by atoms with Gasteiger partial charge in [0.1, 0.15) is 5.75 Å². The van der Waals surface area contributed by atoms with Gasteiger partial charge in [0, 0.05) is 29.3 Å². The molecule has 1 N–H and O–H groups in total. The van der Waals surface area contributed by atoms with Crippen molar-refractivity contribution >= 4 is 15.9 Å². The van der Waals surface area contributed by atoms with Crippen LogP contribution < -0.4 is 10.1 Å². The van der Waals surface area contributed by atoms with Gasteiger partial charge in [0.25, 0.3) is 0 Å². The van der Waals surface area contributed by atoms with Crippen molar-refractivity contribution in [3.8, 4) is 5.75 Å². The maximum absolute atomic E-state index is 5.48. The molecule has 108 valence electrons. The van der Waals surface area contributed by atoms with Gasteiger partial charge in [-0.15, -0.1) is 0 Å². The Bertz CT molecular complexity index is 568. The molecule has 0 amide bonds. The summed E-state index contributed by atoms with van der Waals surface area (Å²) in [5, 5.41) is 7.57. The van der Waals surface area contributed by atoms with Crippen LogP contribution in [-0.4, -0.2) is 23.9 Å². The predicted molar refractivity (Wildman–Crippen MR) is 84.0 cm³/mol. The lowest BCUT2D eigenvalue weighted by Gasteiger charge is -2.19. The molecule has 0 fully saturated rings. The predicted octanol–water partition coefficient (Wildman–Crippen LogP) is 3.08. The van der Waals surface area contributed by atoms with E-state index in [1.54, 1.807) is 7.11 Å². The Balaban J connectivity index is 2.11. The molecule has 5 heteroatoms. The Morgan fingerprint density at radius 3 is 2.85 bits per heavy atom. The zero-order valence-corrected chi connectivity index (χ0v) is 13.6. The van der Waals surface area contributed by atoms with Crippen molar-refractivity contribution < 1.29 is 4.74 Å². The van der Waals surface area contributed by atoms with Crippen LogP contribution >= 0.6 is 15.9 Å². The van der Waals surface area contributed by atoms with Crippen LogP contribution in [0.15, 0.2) is 35.1 Å². The zero-order chi connectivity index (χ0) is 14.5. The summed E-state index contributed by atoms with van der Waals surface area (Å²) in [6, 6.07) is 6.42. The molecular weight excluding hydrogens is 318 g/mol. The molecule has 1 aromatic carbocycles. The third-order valence-corrected chi connectivity index (χ3v) is 3.89. The van der Waals surface area contributed by atoms with E-state index in [1.807, 2.05) is 37.1 Å². The van der Waals surface area contributed by atoms with Crippen LogP contribution in [0.1, 0.15) is 23.6 Å². The highest BCUT2D eigenvalue weighted by Crippen LogP contribution is 2.30. The smallest absolute Gasteiger partial charge is 0.124 e. The Labute approximate surface area is 128 Å². The first kappa shape index (κ1) is 15.1. The monoisotopic (exact) mass is 337 g/mol. The fourth-order valence-corrected chi connectivity index (χ4v) is 2.68. The van der Waals surface area contributed by atoms with Crippen molar-refractivity contribution in [2.24, 2.45) is 7.05 Å². The number of halogens is 1. The van der Waals surface area contributed by atoms with E-state index in [0.717, 1.165) is 23.1 Å². The Kier molecular flexibility index (Phi) is 5.20. The van der Waals surface area contributed by atoms with E-state index < -0.39 is 0 Å². The number of hydrogen-bond acceptors (Lipinski definition) is 3. The lowest BCUT2D eigenvalue weighted by molar-refractivity contribution is 0.398. The summed E-state index contributed by atoms with van der Waals surface area (Å²) in [5.74, 6) is 0.907. The molecule has 1 aromatic heterocycles. The second-order valence-electron chi connectivity index (χ2n) is 4.79. The third-order valence-electron chi connectivity index (χ3n) is 3.40. The highest BCUT2D eigenvalue weighted by atomic mass is 79.9. The molecule has 0 aliphatic heterocycles. The van der Waals surface area contributed by atoms with Gasteiger partial charge in [-0.2, -0.15) is 5.10 Å². The first-order chi connectivity index (χ1) is 9.63. The fourth-order valence-electron chi connectivity index (χ4n) is 2.34. The zero-order valence-electron chi connectivity index (χ0n) is 12.1. The lowest BCUT2D eigenvalue weighted by atomic mass is 9.99. The number of aromatic nitrogens is 2. The van der Waals surface area contributed by atoms with E-state index >= 15 is 0 Å². The van der Waals surface area contributed by atoms with Crippen molar-refractivity contribution in [1.29, 1.82) is 0 Å². The second-order valence-corrected chi connectivity index (χ2v) is 5.70. The molecule has 0 saturated heterocycles. The SMILES string of the molecule is CNC(CCc1cnn(C)c1)c1ccc(Br)cc1OC. The van der Waals surface area contributed by atoms with Gasteiger partial charge in [0.15, 0.2) is 0 Å². The standard InChI is InChI=1S/C15H20BrN3O/c1-17-14(7-4-11-9-18-19(2)10-11)13-6-5-12(16)8-15(13)20-3/h5-6,8-10,14,17H,4,7H2,1-3H3. The number of aryl methyl sites for hydroxylation is 2. The quantitative estimate of drug-likeness (QED) is 0.880. The summed E-state index contributed by atoms with van der Waals surface area (Å²) in [6.07, 6.45) is 5.97. The van der Waals surface area contributed by atoms with E-state index in [9.17, 15) is 0 Å². The Morgan fingerprint density at radius 2 is 2.25 bits per heavy atom. The number of methoxy groups -OCH3 is 1. The van der Waals surface area contributed by atoms with E-state index in [-0.39, 0.29) is 6.04 Å². The minimum Gasteiger partial charge on any atom is -0.496 e. The first-order valence-electron chi connectivity index (χ1n) is 6.62. The third kappa shape index (κ3) is 3.61. The van der Waals surface area contributed by atoms with Crippen LogP contribution in [0.4, 0.5) is 0 Å². The van der Waals surface area contributed by atoms with Gasteiger partial charge in [0.05, 0.1) is 13.3 Å². The van der Waals surface area contributed by atoms with Gasteiger partial charge in [-0.05, 0) is 37.6 Å². The van der Waals surface area contributed by atoms with Crippen LogP contribution in [0.3, 0.4) is 0 Å². The molecule has 0 saturated carbocycles. The van der Waals surface area contributed by atoms with Crippen molar-refractivity contribution in [3.63, 3.8) is 0 Å². The molecule has 2 rings (SSSR count). The topological polar surface area (TPSA) is 39.1 Å². The normalized spacial score (nSPS) is 12.4. The summed E-state index contributed by atoms with van der Waals surface area (Å²) in [5.41, 5.74) is 2.44. The molecule has 20 heavy (non-hydrogen) atoms. The average Bonchev–Trinajstić information content (AvgIpc) is 2.86. The van der Waals surface area contributed by atoms with E-state index in [1.165, 1.54) is 11.1 Å². The molecule has 1 unspecified atom stereocenters. The summed E-state index contributed by atoms with van der Waals surface area (Å²) in [7, 11) is 5.63. The molecule has 1 atom stereocenters. The number of rotatable bonds is 6. The summed E-state index contributed by atoms with van der Waals surface area (Å²) in [4.78, 5) is 0. The largest absolute Gasteiger partial charge is 0.496 e. The Hall–Kier alpha value is -1.33. The summed E-state index contributed by atoms with van der Waals surface area (Å²) < 4.78 is 8.34. The van der Waals surface area contributed by atoms with Crippen LogP contribution in [0.2, 0.25) is 0 Å². The van der Waals surface area contributed by atoms with Crippen LogP contribution in [0, 0.1) is 0 Å². The van der Waals surface area contributed by atoms with E-state index in [0.29, 0.717) is 0 Å². The molecule has 0 aliphatic rings. The van der Waals surface area contributed by atoms with Crippen LogP contribution in [0.25, 0.3) is 0 Å². The first-order valence-corrected chi connectivity index (χ1v) is 7.41. The number of benzene rings is 1. The van der Waals surface area contributed by atoms with Crippen molar-refractivity contribution in [1.82, 2.24) is 15.1 Å². The number of nitrogens with one attached hydrogen (secondary N) is 1. The molecule has 4 nitrogen and oxygen atoms in total. The highest BCUT2D eigenvalue weighted by Gasteiger charge is 2.15. The van der Waals surface area contributed by atoms with Gasteiger partial charge in [-0.25, -0.2) is 0 Å². The summed E-state index contributed by atoms with van der Waals surface area (Å²) >= 11 is 3.48. The average molecular weight is 338 g/mol. The van der Waals surface area contributed by atoms with Gasteiger partial charge in [0.2, 0.25) is 0 Å². The highest BCUT2D eigenvalue weighted by molar-refractivity contribution is 9.10. The summed E-state index contributed by atoms with van der Waals surface area (Å²) in [6.45, 7) is 0. The lowest BCUT2D eigenvalue weighted by Crippen LogP contribution is -2.18. The van der Waals surface area contributed by atoms with Crippen molar-refractivity contribution in [3.05, 3.63) is 46.2 Å².